The van der Waals surface area contributed by atoms with Gasteiger partial charge in [0.15, 0.2) is 0 Å². The molecule has 3 aromatic rings. The molecule has 21 heavy (non-hydrogen) atoms. The van der Waals surface area contributed by atoms with Crippen LogP contribution in [-0.2, 0) is 6.61 Å². The minimum Gasteiger partial charge on any atom is -0.391 e. The topological polar surface area (TPSA) is 62.9 Å². The van der Waals surface area contributed by atoms with Crippen molar-refractivity contribution in [1.29, 1.82) is 5.26 Å². The molecule has 0 aliphatic carbocycles. The molecule has 0 aliphatic heterocycles. The molecule has 0 bridgehead atoms. The van der Waals surface area contributed by atoms with E-state index in [2.05, 4.69) is 16.5 Å². The van der Waals surface area contributed by atoms with Crippen molar-refractivity contribution >= 4 is 16.6 Å². The van der Waals surface area contributed by atoms with Gasteiger partial charge in [-0.3, -0.25) is 0 Å². The lowest BCUT2D eigenvalue weighted by Gasteiger charge is -2.07. The number of anilines is 1. The minimum atomic E-state index is 0.282. The molecule has 2 aromatic carbocycles. The molecule has 5 nitrogen and oxygen atoms in total. The van der Waals surface area contributed by atoms with Crippen molar-refractivity contribution in [2.75, 3.05) is 11.9 Å². The quantitative estimate of drug-likeness (QED) is 0.729. The highest BCUT2D eigenvalue weighted by atomic mass is 16.7. The van der Waals surface area contributed by atoms with E-state index >= 15 is 0 Å². The van der Waals surface area contributed by atoms with Gasteiger partial charge in [0.25, 0.3) is 0 Å². The highest BCUT2D eigenvalue weighted by molar-refractivity contribution is 5.82. The van der Waals surface area contributed by atoms with Crippen molar-refractivity contribution in [1.82, 2.24) is 9.94 Å². The number of hydrogen-bond donors (Lipinski definition) is 1. The molecule has 0 saturated carbocycles. The summed E-state index contributed by atoms with van der Waals surface area (Å²) < 4.78 is 0. The molecule has 0 saturated heterocycles. The number of aromatic nitrogens is 2. The van der Waals surface area contributed by atoms with E-state index in [-0.39, 0.29) is 6.54 Å². The Hall–Kier alpha value is -3.00. The van der Waals surface area contributed by atoms with E-state index in [4.69, 9.17) is 10.1 Å². The Morgan fingerprint density at radius 2 is 2.05 bits per heavy atom. The van der Waals surface area contributed by atoms with Gasteiger partial charge in [-0.15, -0.1) is 5.10 Å². The smallest absolute Gasteiger partial charge is 0.142 e. The summed E-state index contributed by atoms with van der Waals surface area (Å²) in [6.45, 7) is 0.746. The molecular formula is C16H14N4O. The largest absolute Gasteiger partial charge is 0.391 e. The van der Waals surface area contributed by atoms with Crippen LogP contribution in [0.4, 0.5) is 5.69 Å². The van der Waals surface area contributed by atoms with Crippen molar-refractivity contribution in [3.05, 3.63) is 60.3 Å². The second-order valence-electron chi connectivity index (χ2n) is 4.56. The molecule has 0 aliphatic rings. The molecule has 0 unspecified atom stereocenters. The van der Waals surface area contributed by atoms with Crippen LogP contribution in [0.15, 0.2) is 54.7 Å². The lowest BCUT2D eigenvalue weighted by atomic mass is 10.2. The van der Waals surface area contributed by atoms with Crippen LogP contribution < -0.4 is 10.2 Å². The van der Waals surface area contributed by atoms with Gasteiger partial charge in [0, 0.05) is 11.1 Å². The number of nitriles is 1. The Balaban J connectivity index is 1.76. The maximum atomic E-state index is 8.57. The molecule has 0 atom stereocenters. The third-order valence-electron chi connectivity index (χ3n) is 3.10. The van der Waals surface area contributed by atoms with Gasteiger partial charge >= 0.3 is 0 Å². The monoisotopic (exact) mass is 278 g/mol. The molecule has 3 rings (SSSR count). The summed E-state index contributed by atoms with van der Waals surface area (Å²) in [7, 11) is 0. The van der Waals surface area contributed by atoms with Crippen LogP contribution in [0.5, 0.6) is 0 Å². The summed E-state index contributed by atoms with van der Waals surface area (Å²) in [4.78, 5) is 7.22. The molecule has 104 valence electrons. The molecule has 0 amide bonds. The van der Waals surface area contributed by atoms with E-state index in [1.54, 1.807) is 6.20 Å². The molecule has 0 spiro atoms. The lowest BCUT2D eigenvalue weighted by molar-refractivity contribution is 0.0795. The summed E-state index contributed by atoms with van der Waals surface area (Å²) in [5.74, 6) is 0. The van der Waals surface area contributed by atoms with E-state index in [1.165, 1.54) is 4.85 Å². The van der Waals surface area contributed by atoms with Crippen molar-refractivity contribution in [2.24, 2.45) is 0 Å². The standard InChI is InChI=1S/C16H14N4O/c17-8-9-18-15-6-7-16-14(10-15)11-19-20(16)21-12-13-4-2-1-3-5-13/h1-7,10-11,18H,9,12H2. The zero-order valence-electron chi connectivity index (χ0n) is 11.4. The summed E-state index contributed by atoms with van der Waals surface area (Å²) in [5, 5.41) is 16.8. The Labute approximate surface area is 122 Å². The fourth-order valence-electron chi connectivity index (χ4n) is 2.07. The zero-order chi connectivity index (χ0) is 14.5. The van der Waals surface area contributed by atoms with Crippen LogP contribution in [0.2, 0.25) is 0 Å². The number of hydrogen-bond acceptors (Lipinski definition) is 4. The first-order valence-electron chi connectivity index (χ1n) is 6.62. The summed E-state index contributed by atoms with van der Waals surface area (Å²) in [6.07, 6.45) is 1.75. The maximum absolute atomic E-state index is 8.57. The average Bonchev–Trinajstić information content (AvgIpc) is 2.94. The van der Waals surface area contributed by atoms with E-state index < -0.39 is 0 Å². The van der Waals surface area contributed by atoms with Crippen molar-refractivity contribution in [3.63, 3.8) is 0 Å². The van der Waals surface area contributed by atoms with Crippen LogP contribution in [0.3, 0.4) is 0 Å². The van der Waals surface area contributed by atoms with Crippen LogP contribution in [0.25, 0.3) is 10.9 Å². The number of nitrogens with one attached hydrogen (secondary N) is 1. The van der Waals surface area contributed by atoms with Crippen molar-refractivity contribution in [2.45, 2.75) is 6.61 Å². The molecule has 1 N–H and O–H groups in total. The number of rotatable bonds is 5. The maximum Gasteiger partial charge on any atom is 0.142 e. The van der Waals surface area contributed by atoms with Crippen molar-refractivity contribution in [3.8, 4) is 6.07 Å². The normalized spacial score (nSPS) is 10.2. The second kappa shape index (κ2) is 5.97. The Morgan fingerprint density at radius 1 is 1.19 bits per heavy atom. The molecule has 5 heteroatoms. The highest BCUT2D eigenvalue weighted by Crippen LogP contribution is 2.18. The van der Waals surface area contributed by atoms with E-state index in [1.807, 2.05) is 48.5 Å². The van der Waals surface area contributed by atoms with Gasteiger partial charge in [-0.05, 0) is 23.8 Å². The Kier molecular flexibility index (Phi) is 3.70. The molecule has 1 heterocycles. The first-order valence-corrected chi connectivity index (χ1v) is 6.62. The summed E-state index contributed by atoms with van der Waals surface area (Å²) in [5.41, 5.74) is 2.88. The van der Waals surface area contributed by atoms with Crippen LogP contribution >= 0.6 is 0 Å². The van der Waals surface area contributed by atoms with E-state index in [0.29, 0.717) is 6.61 Å². The average molecular weight is 278 g/mol. The number of nitrogens with zero attached hydrogens (tertiary/aromatic N) is 3. The van der Waals surface area contributed by atoms with Gasteiger partial charge < -0.3 is 10.2 Å². The fourth-order valence-corrected chi connectivity index (χ4v) is 2.07. The lowest BCUT2D eigenvalue weighted by Crippen LogP contribution is -2.12. The van der Waals surface area contributed by atoms with Gasteiger partial charge in [0.1, 0.15) is 18.7 Å². The third kappa shape index (κ3) is 2.95. The Bertz CT molecular complexity index is 774. The SMILES string of the molecule is N#CCNc1ccc2c(cnn2OCc2ccccc2)c1. The van der Waals surface area contributed by atoms with E-state index in [9.17, 15) is 0 Å². The van der Waals surface area contributed by atoms with Gasteiger partial charge in [0.05, 0.1) is 12.3 Å². The third-order valence-corrected chi connectivity index (χ3v) is 3.10. The van der Waals surface area contributed by atoms with Gasteiger partial charge in [-0.2, -0.15) is 5.26 Å². The summed E-state index contributed by atoms with van der Waals surface area (Å²) >= 11 is 0. The highest BCUT2D eigenvalue weighted by Gasteiger charge is 2.04. The van der Waals surface area contributed by atoms with Gasteiger partial charge in [-0.1, -0.05) is 35.2 Å². The second-order valence-corrected chi connectivity index (χ2v) is 4.56. The minimum absolute atomic E-state index is 0.282. The predicted octanol–water partition coefficient (Wildman–Crippen LogP) is 2.60. The predicted molar refractivity (Wildman–Crippen MR) is 80.6 cm³/mol. The molecule has 0 radical (unpaired) electrons. The first kappa shape index (κ1) is 13.0. The zero-order valence-corrected chi connectivity index (χ0v) is 11.4. The van der Waals surface area contributed by atoms with Crippen LogP contribution in [0.1, 0.15) is 5.56 Å². The molecular weight excluding hydrogens is 264 g/mol. The molecule has 0 fully saturated rings. The summed E-state index contributed by atoms with van der Waals surface area (Å²) in [6, 6.07) is 17.8. The van der Waals surface area contributed by atoms with Gasteiger partial charge in [0.2, 0.25) is 0 Å². The van der Waals surface area contributed by atoms with Crippen LogP contribution in [0, 0.1) is 11.3 Å². The van der Waals surface area contributed by atoms with Crippen molar-refractivity contribution < 1.29 is 4.84 Å². The number of benzene rings is 2. The van der Waals surface area contributed by atoms with Crippen LogP contribution in [-0.4, -0.2) is 16.5 Å². The fraction of sp³-hybridized carbons (Fsp3) is 0.125. The Morgan fingerprint density at radius 3 is 2.86 bits per heavy atom. The van der Waals surface area contributed by atoms with Gasteiger partial charge in [-0.25, -0.2) is 0 Å². The molecule has 1 aromatic heterocycles. The number of fused-ring (bicyclic) bond motifs is 1. The van der Waals surface area contributed by atoms with E-state index in [0.717, 1.165) is 22.2 Å². The first-order chi connectivity index (χ1) is 10.4.